The first-order chi connectivity index (χ1) is 8.79. The van der Waals surface area contributed by atoms with Gasteiger partial charge in [-0.25, -0.2) is 0 Å². The monoisotopic (exact) mass is 261 g/mol. The lowest BCUT2D eigenvalue weighted by Gasteiger charge is -2.16. The maximum atomic E-state index is 4.19. The first kappa shape index (κ1) is 13.2. The van der Waals surface area contributed by atoms with Gasteiger partial charge < -0.3 is 5.32 Å². The van der Waals surface area contributed by atoms with Gasteiger partial charge in [-0.3, -0.25) is 0 Å². The van der Waals surface area contributed by atoms with Gasteiger partial charge in [-0.15, -0.1) is 5.10 Å². The number of nitrogens with zero attached hydrogens (tertiary/aromatic N) is 2. The van der Waals surface area contributed by atoms with E-state index in [0.29, 0.717) is 0 Å². The van der Waals surface area contributed by atoms with Gasteiger partial charge in [0.15, 0.2) is 0 Å². The second-order valence-electron chi connectivity index (χ2n) is 4.53. The third kappa shape index (κ3) is 3.62. The number of aromatic nitrogens is 2. The fourth-order valence-electron chi connectivity index (χ4n) is 2.00. The van der Waals surface area contributed by atoms with Gasteiger partial charge in [0, 0.05) is 5.38 Å². The second-order valence-corrected chi connectivity index (χ2v) is 5.14. The standard InChI is InChI=1S/C14H19N3S/c1-3-7-15-13(14-10-18-17-16-14)9-12-6-4-5-11(2)8-12/h4-6,8,10,13,15H,3,7,9H2,1-2H3. The van der Waals surface area contributed by atoms with Crippen LogP contribution in [0.4, 0.5) is 0 Å². The lowest BCUT2D eigenvalue weighted by molar-refractivity contribution is 0.517. The Bertz CT molecular complexity index is 468. The summed E-state index contributed by atoms with van der Waals surface area (Å²) in [6.07, 6.45) is 2.09. The van der Waals surface area contributed by atoms with Crippen LogP contribution in [-0.4, -0.2) is 16.1 Å². The van der Waals surface area contributed by atoms with Crippen LogP contribution in [0.15, 0.2) is 29.6 Å². The molecule has 1 heterocycles. The molecule has 2 aromatic rings. The van der Waals surface area contributed by atoms with Crippen LogP contribution in [0.1, 0.15) is 36.2 Å². The van der Waals surface area contributed by atoms with E-state index in [0.717, 1.165) is 25.1 Å². The molecule has 0 aliphatic carbocycles. The Kier molecular flexibility index (Phi) is 4.84. The summed E-state index contributed by atoms with van der Waals surface area (Å²) in [5.74, 6) is 0. The first-order valence-electron chi connectivity index (χ1n) is 6.35. The van der Waals surface area contributed by atoms with Crippen molar-refractivity contribution >= 4 is 11.5 Å². The van der Waals surface area contributed by atoms with Crippen LogP contribution in [0.3, 0.4) is 0 Å². The molecular formula is C14H19N3S. The largest absolute Gasteiger partial charge is 0.308 e. The molecule has 96 valence electrons. The van der Waals surface area contributed by atoms with E-state index in [9.17, 15) is 0 Å². The third-order valence-corrected chi connectivity index (χ3v) is 3.42. The van der Waals surface area contributed by atoms with Crippen molar-refractivity contribution < 1.29 is 0 Å². The highest BCUT2D eigenvalue weighted by Gasteiger charge is 2.14. The number of benzene rings is 1. The van der Waals surface area contributed by atoms with Crippen molar-refractivity contribution in [2.24, 2.45) is 0 Å². The van der Waals surface area contributed by atoms with Crippen LogP contribution < -0.4 is 5.32 Å². The van der Waals surface area contributed by atoms with E-state index in [1.807, 2.05) is 5.38 Å². The van der Waals surface area contributed by atoms with E-state index < -0.39 is 0 Å². The van der Waals surface area contributed by atoms with Gasteiger partial charge in [-0.2, -0.15) is 0 Å². The van der Waals surface area contributed by atoms with Crippen LogP contribution >= 0.6 is 11.5 Å². The van der Waals surface area contributed by atoms with E-state index in [-0.39, 0.29) is 6.04 Å². The number of hydrogen-bond donors (Lipinski definition) is 1. The van der Waals surface area contributed by atoms with E-state index in [4.69, 9.17) is 0 Å². The van der Waals surface area contributed by atoms with Gasteiger partial charge in [0.2, 0.25) is 0 Å². The quantitative estimate of drug-likeness (QED) is 0.868. The van der Waals surface area contributed by atoms with Gasteiger partial charge in [-0.05, 0) is 43.4 Å². The molecule has 0 radical (unpaired) electrons. The van der Waals surface area contributed by atoms with Gasteiger partial charge in [-0.1, -0.05) is 41.2 Å². The number of hydrogen-bond acceptors (Lipinski definition) is 4. The normalized spacial score (nSPS) is 12.6. The summed E-state index contributed by atoms with van der Waals surface area (Å²) in [7, 11) is 0. The summed E-state index contributed by atoms with van der Waals surface area (Å²) in [4.78, 5) is 0. The Morgan fingerprint density at radius 1 is 1.39 bits per heavy atom. The van der Waals surface area contributed by atoms with E-state index in [2.05, 4.69) is 53.0 Å². The van der Waals surface area contributed by atoms with Crippen molar-refractivity contribution in [3.63, 3.8) is 0 Å². The second kappa shape index (κ2) is 6.61. The zero-order valence-electron chi connectivity index (χ0n) is 10.9. The zero-order chi connectivity index (χ0) is 12.8. The Balaban J connectivity index is 2.10. The summed E-state index contributed by atoms with van der Waals surface area (Å²) < 4.78 is 3.96. The lowest BCUT2D eigenvalue weighted by Crippen LogP contribution is -2.24. The van der Waals surface area contributed by atoms with Crippen LogP contribution in [0, 0.1) is 6.92 Å². The van der Waals surface area contributed by atoms with Crippen molar-refractivity contribution in [3.8, 4) is 0 Å². The third-order valence-electron chi connectivity index (χ3n) is 2.90. The van der Waals surface area contributed by atoms with Crippen molar-refractivity contribution in [2.75, 3.05) is 6.54 Å². The van der Waals surface area contributed by atoms with Crippen molar-refractivity contribution in [1.29, 1.82) is 0 Å². The smallest absolute Gasteiger partial charge is 0.0928 e. The van der Waals surface area contributed by atoms with Gasteiger partial charge in [0.25, 0.3) is 0 Å². The molecule has 0 saturated carbocycles. The predicted molar refractivity (Wildman–Crippen MR) is 75.8 cm³/mol. The van der Waals surface area contributed by atoms with E-state index in [1.165, 1.54) is 22.7 Å². The SMILES string of the molecule is CCCNC(Cc1cccc(C)c1)c1csnn1. The molecule has 1 unspecified atom stereocenters. The average Bonchev–Trinajstić information content (AvgIpc) is 2.88. The number of aryl methyl sites for hydroxylation is 1. The fraction of sp³-hybridized carbons (Fsp3) is 0.429. The van der Waals surface area contributed by atoms with E-state index >= 15 is 0 Å². The Morgan fingerprint density at radius 3 is 2.94 bits per heavy atom. The molecule has 0 aliphatic rings. The van der Waals surface area contributed by atoms with Crippen LogP contribution in [0.5, 0.6) is 0 Å². The Labute approximate surface area is 112 Å². The molecule has 0 spiro atoms. The molecular weight excluding hydrogens is 242 g/mol. The summed E-state index contributed by atoms with van der Waals surface area (Å²) in [6, 6.07) is 8.92. The summed E-state index contributed by atoms with van der Waals surface area (Å²) in [5, 5.41) is 9.77. The average molecular weight is 261 g/mol. The summed E-state index contributed by atoms with van der Waals surface area (Å²) in [6.45, 7) is 5.31. The van der Waals surface area contributed by atoms with Crippen molar-refractivity contribution in [3.05, 3.63) is 46.5 Å². The number of nitrogens with one attached hydrogen (secondary N) is 1. The van der Waals surface area contributed by atoms with Crippen molar-refractivity contribution in [1.82, 2.24) is 14.9 Å². The highest BCUT2D eigenvalue weighted by atomic mass is 32.1. The van der Waals surface area contributed by atoms with E-state index in [1.54, 1.807) is 0 Å². The summed E-state index contributed by atoms with van der Waals surface area (Å²) in [5.41, 5.74) is 3.70. The zero-order valence-corrected chi connectivity index (χ0v) is 11.7. The molecule has 1 aromatic heterocycles. The molecule has 0 saturated heterocycles. The molecule has 0 amide bonds. The number of rotatable bonds is 6. The first-order valence-corrected chi connectivity index (χ1v) is 7.19. The molecule has 1 atom stereocenters. The molecule has 18 heavy (non-hydrogen) atoms. The lowest BCUT2D eigenvalue weighted by atomic mass is 10.0. The van der Waals surface area contributed by atoms with Crippen LogP contribution in [0.25, 0.3) is 0 Å². The van der Waals surface area contributed by atoms with Crippen LogP contribution in [-0.2, 0) is 6.42 Å². The minimum atomic E-state index is 0.269. The Hall–Kier alpha value is -1.26. The molecule has 3 nitrogen and oxygen atoms in total. The minimum absolute atomic E-state index is 0.269. The van der Waals surface area contributed by atoms with Gasteiger partial charge in [0.05, 0.1) is 11.7 Å². The van der Waals surface area contributed by atoms with Gasteiger partial charge >= 0.3 is 0 Å². The van der Waals surface area contributed by atoms with Crippen LogP contribution in [0.2, 0.25) is 0 Å². The molecule has 0 fully saturated rings. The molecule has 1 aromatic carbocycles. The molecule has 4 heteroatoms. The maximum absolute atomic E-state index is 4.19. The topological polar surface area (TPSA) is 37.8 Å². The molecule has 0 bridgehead atoms. The fourth-order valence-corrected chi connectivity index (χ4v) is 2.51. The highest BCUT2D eigenvalue weighted by molar-refractivity contribution is 7.03. The van der Waals surface area contributed by atoms with Crippen molar-refractivity contribution in [2.45, 2.75) is 32.7 Å². The maximum Gasteiger partial charge on any atom is 0.0928 e. The Morgan fingerprint density at radius 2 is 2.28 bits per heavy atom. The molecule has 2 rings (SSSR count). The molecule has 1 N–H and O–H groups in total. The molecule has 0 aliphatic heterocycles. The minimum Gasteiger partial charge on any atom is -0.308 e. The van der Waals surface area contributed by atoms with Gasteiger partial charge in [0.1, 0.15) is 0 Å². The summed E-state index contributed by atoms with van der Waals surface area (Å²) >= 11 is 1.41. The predicted octanol–water partition coefficient (Wildman–Crippen LogP) is 3.13. The highest BCUT2D eigenvalue weighted by Crippen LogP contribution is 2.18.